The highest BCUT2D eigenvalue weighted by Gasteiger charge is 2.46. The highest BCUT2D eigenvalue weighted by molar-refractivity contribution is 6.35. The lowest BCUT2D eigenvalue weighted by Crippen LogP contribution is -2.43. The molecule has 1 amide bonds. The molecule has 8 heteroatoms. The van der Waals surface area contributed by atoms with Gasteiger partial charge in [0.05, 0.1) is 33.9 Å². The predicted octanol–water partition coefficient (Wildman–Crippen LogP) is 3.41. The maximum absolute atomic E-state index is 13.0. The molecular weight excluding hydrogens is 400 g/mol. The van der Waals surface area contributed by atoms with Gasteiger partial charge in [0.15, 0.2) is 6.19 Å². The lowest BCUT2D eigenvalue weighted by Gasteiger charge is -2.22. The van der Waals surface area contributed by atoms with E-state index in [0.29, 0.717) is 10.6 Å². The molecule has 1 aromatic carbocycles. The summed E-state index contributed by atoms with van der Waals surface area (Å²) in [7, 11) is 1.85. The lowest BCUT2D eigenvalue weighted by atomic mass is 9.95. The van der Waals surface area contributed by atoms with Crippen LogP contribution in [0.2, 0.25) is 5.02 Å². The van der Waals surface area contributed by atoms with Crippen LogP contribution in [0.5, 0.6) is 0 Å². The van der Waals surface area contributed by atoms with Gasteiger partial charge in [-0.15, -0.1) is 0 Å². The zero-order chi connectivity index (χ0) is 21.0. The van der Waals surface area contributed by atoms with E-state index in [2.05, 4.69) is 21.6 Å². The van der Waals surface area contributed by atoms with E-state index in [0.717, 1.165) is 47.2 Å². The Morgan fingerprint density at radius 1 is 1.33 bits per heavy atom. The number of carbonyl (C=O) groups is 1. The number of nitrogens with zero attached hydrogens (tertiary/aromatic N) is 5. The standard InChI is InChI=1S/C22H21ClN6O/c1-12-4-3-5-17(25-12)21-15-9-16(23)14(10-20(15)28(2)27-21)22(30)26-18-8-13-6-7-19(18)29(13)11-24/h3-5,9-10,13,18-19H,6-8H2,1-2H3,(H,26,30)/t13-,18+,19+/m0/s1. The minimum absolute atomic E-state index is 0.0266. The van der Waals surface area contributed by atoms with Crippen molar-refractivity contribution < 1.29 is 4.79 Å². The summed E-state index contributed by atoms with van der Waals surface area (Å²) in [4.78, 5) is 19.4. The number of nitrogens with one attached hydrogen (secondary N) is 1. The van der Waals surface area contributed by atoms with E-state index in [1.807, 2.05) is 37.1 Å². The fraction of sp³-hybridized carbons (Fsp3) is 0.364. The molecule has 2 fully saturated rings. The summed E-state index contributed by atoms with van der Waals surface area (Å²) in [5, 5.41) is 18.3. The van der Waals surface area contributed by atoms with Crippen molar-refractivity contribution in [3.63, 3.8) is 0 Å². The van der Waals surface area contributed by atoms with Gasteiger partial charge in [-0.3, -0.25) is 14.5 Å². The van der Waals surface area contributed by atoms with Crippen molar-refractivity contribution in [1.29, 1.82) is 5.26 Å². The molecule has 0 aliphatic carbocycles. The molecule has 2 bridgehead atoms. The number of amides is 1. The van der Waals surface area contributed by atoms with Gasteiger partial charge in [-0.1, -0.05) is 17.7 Å². The first-order chi connectivity index (χ1) is 14.5. The third-order valence-electron chi connectivity index (χ3n) is 6.28. The summed E-state index contributed by atoms with van der Waals surface area (Å²) in [6.07, 6.45) is 5.03. The molecular formula is C22H21ClN6O. The number of hydrogen-bond acceptors (Lipinski definition) is 5. The Hall–Kier alpha value is -3.11. The molecule has 4 heterocycles. The van der Waals surface area contributed by atoms with Gasteiger partial charge in [-0.2, -0.15) is 10.4 Å². The number of benzene rings is 1. The van der Waals surface area contributed by atoms with E-state index in [4.69, 9.17) is 11.6 Å². The second-order valence-corrected chi connectivity index (χ2v) is 8.51. The first-order valence-electron chi connectivity index (χ1n) is 10.1. The van der Waals surface area contributed by atoms with Gasteiger partial charge in [0.2, 0.25) is 0 Å². The summed E-state index contributed by atoms with van der Waals surface area (Å²) < 4.78 is 1.75. The van der Waals surface area contributed by atoms with Crippen LogP contribution < -0.4 is 5.32 Å². The monoisotopic (exact) mass is 420 g/mol. The molecule has 152 valence electrons. The average Bonchev–Trinajstić information content (AvgIpc) is 3.37. The molecule has 0 unspecified atom stereocenters. The van der Waals surface area contributed by atoms with E-state index in [-0.39, 0.29) is 24.0 Å². The quantitative estimate of drug-likeness (QED) is 0.656. The van der Waals surface area contributed by atoms with Crippen LogP contribution >= 0.6 is 11.6 Å². The topological polar surface area (TPSA) is 86.8 Å². The number of pyridine rings is 1. The number of nitriles is 1. The minimum atomic E-state index is -0.214. The molecule has 2 aliphatic heterocycles. The Morgan fingerprint density at radius 3 is 2.90 bits per heavy atom. The molecule has 0 radical (unpaired) electrons. The molecule has 2 aliphatic rings. The first kappa shape index (κ1) is 18.9. The second kappa shape index (κ2) is 6.99. The molecule has 3 atom stereocenters. The molecule has 3 aromatic rings. The Kier molecular flexibility index (Phi) is 4.40. The van der Waals surface area contributed by atoms with Crippen molar-refractivity contribution in [2.24, 2.45) is 7.05 Å². The number of fused-ring (bicyclic) bond motifs is 3. The summed E-state index contributed by atoms with van der Waals surface area (Å²) in [6, 6.07) is 9.68. The van der Waals surface area contributed by atoms with Gasteiger partial charge < -0.3 is 10.2 Å². The number of rotatable bonds is 3. The number of halogens is 1. The molecule has 0 spiro atoms. The Morgan fingerprint density at radius 2 is 2.17 bits per heavy atom. The highest BCUT2D eigenvalue weighted by Crippen LogP contribution is 2.37. The normalized spacial score (nSPS) is 22.5. The smallest absolute Gasteiger partial charge is 0.253 e. The van der Waals surface area contributed by atoms with E-state index in [9.17, 15) is 10.1 Å². The minimum Gasteiger partial charge on any atom is -0.347 e. The maximum Gasteiger partial charge on any atom is 0.253 e. The number of aryl methyl sites for hydroxylation is 2. The van der Waals surface area contributed by atoms with Gasteiger partial charge in [-0.05, 0) is 50.5 Å². The fourth-order valence-electron chi connectivity index (χ4n) is 4.86. The van der Waals surface area contributed by atoms with Gasteiger partial charge in [0, 0.05) is 24.2 Å². The molecule has 7 nitrogen and oxygen atoms in total. The van der Waals surface area contributed by atoms with Crippen molar-refractivity contribution >= 4 is 28.4 Å². The van der Waals surface area contributed by atoms with Gasteiger partial charge in [0.25, 0.3) is 5.91 Å². The van der Waals surface area contributed by atoms with E-state index in [1.165, 1.54) is 0 Å². The van der Waals surface area contributed by atoms with Crippen molar-refractivity contribution in [3.8, 4) is 17.6 Å². The van der Waals surface area contributed by atoms with Crippen LogP contribution in [0.1, 0.15) is 35.3 Å². The van der Waals surface area contributed by atoms with Crippen LogP contribution in [0.4, 0.5) is 0 Å². The van der Waals surface area contributed by atoms with Gasteiger partial charge >= 0.3 is 0 Å². The van der Waals surface area contributed by atoms with Crippen molar-refractivity contribution in [3.05, 3.63) is 46.6 Å². The second-order valence-electron chi connectivity index (χ2n) is 8.11. The summed E-state index contributed by atoms with van der Waals surface area (Å²) in [5.74, 6) is -0.214. The zero-order valence-electron chi connectivity index (χ0n) is 16.8. The van der Waals surface area contributed by atoms with Crippen LogP contribution in [0, 0.1) is 18.4 Å². The zero-order valence-corrected chi connectivity index (χ0v) is 17.5. The molecule has 2 saturated heterocycles. The van der Waals surface area contributed by atoms with Crippen LogP contribution in [0.3, 0.4) is 0 Å². The molecule has 2 aromatic heterocycles. The number of aromatic nitrogens is 3. The highest BCUT2D eigenvalue weighted by atomic mass is 35.5. The summed E-state index contributed by atoms with van der Waals surface area (Å²) >= 11 is 6.54. The number of hydrogen-bond donors (Lipinski definition) is 1. The average molecular weight is 421 g/mol. The fourth-order valence-corrected chi connectivity index (χ4v) is 5.11. The number of carbonyl (C=O) groups excluding carboxylic acids is 1. The SMILES string of the molecule is Cc1cccc(-c2nn(C)c3cc(C(=O)N[C@@H]4C[C@@H]5CC[C@H]4N5C#N)c(Cl)cc23)n1. The summed E-state index contributed by atoms with van der Waals surface area (Å²) in [5.41, 5.74) is 3.65. The lowest BCUT2D eigenvalue weighted by molar-refractivity contribution is 0.0928. The summed E-state index contributed by atoms with van der Waals surface area (Å²) in [6.45, 7) is 1.94. The maximum atomic E-state index is 13.0. The van der Waals surface area contributed by atoms with Crippen molar-refractivity contribution in [1.82, 2.24) is 25.0 Å². The van der Waals surface area contributed by atoms with Crippen LogP contribution in [-0.4, -0.2) is 43.7 Å². The third kappa shape index (κ3) is 2.91. The van der Waals surface area contributed by atoms with E-state index in [1.54, 1.807) is 16.8 Å². The predicted molar refractivity (Wildman–Crippen MR) is 114 cm³/mol. The van der Waals surface area contributed by atoms with Crippen molar-refractivity contribution in [2.75, 3.05) is 0 Å². The molecule has 5 rings (SSSR count). The Balaban J connectivity index is 1.48. The van der Waals surface area contributed by atoms with Crippen LogP contribution in [0.15, 0.2) is 30.3 Å². The van der Waals surface area contributed by atoms with Gasteiger partial charge in [0.1, 0.15) is 5.69 Å². The third-order valence-corrected chi connectivity index (χ3v) is 6.60. The Bertz CT molecular complexity index is 1210. The van der Waals surface area contributed by atoms with Crippen LogP contribution in [-0.2, 0) is 7.05 Å². The molecule has 0 saturated carbocycles. The molecule has 30 heavy (non-hydrogen) atoms. The molecule has 1 N–H and O–H groups in total. The van der Waals surface area contributed by atoms with Crippen molar-refractivity contribution in [2.45, 2.75) is 44.3 Å². The van der Waals surface area contributed by atoms with E-state index >= 15 is 0 Å². The first-order valence-corrected chi connectivity index (χ1v) is 10.4. The van der Waals surface area contributed by atoms with E-state index < -0.39 is 0 Å². The largest absolute Gasteiger partial charge is 0.347 e. The van der Waals surface area contributed by atoms with Gasteiger partial charge in [-0.25, -0.2) is 0 Å². The van der Waals surface area contributed by atoms with Crippen LogP contribution in [0.25, 0.3) is 22.3 Å². The Labute approximate surface area is 179 Å².